The first-order valence-corrected chi connectivity index (χ1v) is 5.93. The molecule has 0 aliphatic carbocycles. The number of rotatable bonds is 3. The van der Waals surface area contributed by atoms with Gasteiger partial charge in [-0.25, -0.2) is 0 Å². The number of H-pyrrole nitrogens is 1. The molecule has 4 heteroatoms. The van der Waals surface area contributed by atoms with Crippen LogP contribution >= 0.6 is 0 Å². The molecule has 1 aliphatic heterocycles. The van der Waals surface area contributed by atoms with Crippen molar-refractivity contribution in [3.8, 4) is 0 Å². The van der Waals surface area contributed by atoms with Crippen LogP contribution in [-0.2, 0) is 16.0 Å². The van der Waals surface area contributed by atoms with Crippen molar-refractivity contribution < 1.29 is 9.59 Å². The Morgan fingerprint density at radius 1 is 1.53 bits per heavy atom. The molecule has 1 fully saturated rings. The van der Waals surface area contributed by atoms with Crippen LogP contribution in [0.15, 0.2) is 18.5 Å². The third kappa shape index (κ3) is 2.57. The summed E-state index contributed by atoms with van der Waals surface area (Å²) in [5.41, 5.74) is 0.813. The van der Waals surface area contributed by atoms with Gasteiger partial charge in [0.2, 0.25) is 5.91 Å². The Labute approximate surface area is 101 Å². The van der Waals surface area contributed by atoms with Gasteiger partial charge in [-0.05, 0) is 31.9 Å². The lowest BCUT2D eigenvalue weighted by molar-refractivity contribution is -0.135. The molecule has 2 rings (SSSR count). The highest BCUT2D eigenvalue weighted by atomic mass is 16.2. The van der Waals surface area contributed by atoms with E-state index in [0.29, 0.717) is 12.8 Å². The van der Waals surface area contributed by atoms with Crippen LogP contribution in [0.2, 0.25) is 0 Å². The van der Waals surface area contributed by atoms with Gasteiger partial charge in [-0.3, -0.25) is 9.59 Å². The zero-order valence-corrected chi connectivity index (χ0v) is 10.3. The Balaban J connectivity index is 1.94. The van der Waals surface area contributed by atoms with E-state index in [4.69, 9.17) is 0 Å². The number of likely N-dealkylation sites (tertiary alicyclic amines) is 1. The monoisotopic (exact) mass is 234 g/mol. The lowest BCUT2D eigenvalue weighted by atomic mass is 10.0. The predicted octanol–water partition coefficient (Wildman–Crippen LogP) is 1.53. The zero-order chi connectivity index (χ0) is 12.5. The number of nitrogens with zero attached hydrogens (tertiary/aromatic N) is 1. The van der Waals surface area contributed by atoms with E-state index < -0.39 is 0 Å². The highest BCUT2D eigenvalue weighted by Gasteiger charge is 2.39. The van der Waals surface area contributed by atoms with E-state index >= 15 is 0 Å². The summed E-state index contributed by atoms with van der Waals surface area (Å²) in [6.45, 7) is 4.18. The second kappa shape index (κ2) is 4.35. The molecule has 92 valence electrons. The summed E-state index contributed by atoms with van der Waals surface area (Å²) in [5.74, 6) is 0.229. The standard InChI is InChI=1S/C13H18N2O2/c1-13(2)7-11(16)9-15(13)12(17)4-3-10-5-6-14-8-10/h5-6,8,14H,3-4,7,9H2,1-2H3. The van der Waals surface area contributed by atoms with Gasteiger partial charge in [-0.1, -0.05) is 0 Å². The summed E-state index contributed by atoms with van der Waals surface area (Å²) < 4.78 is 0. The molecule has 4 nitrogen and oxygen atoms in total. The van der Waals surface area contributed by atoms with Crippen molar-refractivity contribution in [1.29, 1.82) is 0 Å². The molecule has 1 aromatic heterocycles. The number of carbonyl (C=O) groups is 2. The van der Waals surface area contributed by atoms with Gasteiger partial charge in [0.15, 0.2) is 5.78 Å². The summed E-state index contributed by atoms with van der Waals surface area (Å²) in [4.78, 5) is 28.2. The Morgan fingerprint density at radius 3 is 2.82 bits per heavy atom. The minimum absolute atomic E-state index is 0.0713. The van der Waals surface area contributed by atoms with Gasteiger partial charge in [0.25, 0.3) is 0 Å². The molecule has 1 amide bonds. The molecule has 0 saturated carbocycles. The fourth-order valence-electron chi connectivity index (χ4n) is 2.35. The third-order valence-corrected chi connectivity index (χ3v) is 3.29. The number of nitrogens with one attached hydrogen (secondary N) is 1. The summed E-state index contributed by atoms with van der Waals surface area (Å²) in [6, 6.07) is 1.97. The minimum Gasteiger partial charge on any atom is -0.367 e. The summed E-state index contributed by atoms with van der Waals surface area (Å²) in [6.07, 6.45) is 5.41. The molecule has 1 saturated heterocycles. The normalized spacial score (nSPS) is 18.7. The Morgan fingerprint density at radius 2 is 2.29 bits per heavy atom. The van der Waals surface area contributed by atoms with E-state index in [1.807, 2.05) is 32.3 Å². The molecule has 0 spiro atoms. The van der Waals surface area contributed by atoms with Gasteiger partial charge in [0, 0.05) is 30.8 Å². The maximum absolute atomic E-state index is 12.1. The van der Waals surface area contributed by atoms with Crippen LogP contribution in [0, 0.1) is 0 Å². The van der Waals surface area contributed by atoms with E-state index in [9.17, 15) is 9.59 Å². The first-order chi connectivity index (χ1) is 7.99. The Kier molecular flexibility index (Phi) is 3.05. The highest BCUT2D eigenvalue weighted by Crippen LogP contribution is 2.26. The zero-order valence-electron chi connectivity index (χ0n) is 10.3. The summed E-state index contributed by atoms with van der Waals surface area (Å²) in [7, 11) is 0. The number of aromatic nitrogens is 1. The molecule has 0 unspecified atom stereocenters. The van der Waals surface area contributed by atoms with Gasteiger partial charge in [-0.2, -0.15) is 0 Å². The van der Waals surface area contributed by atoms with Gasteiger partial charge >= 0.3 is 0 Å². The van der Waals surface area contributed by atoms with Gasteiger partial charge in [0.1, 0.15) is 0 Å². The average molecular weight is 234 g/mol. The number of hydrogen-bond acceptors (Lipinski definition) is 2. The van der Waals surface area contributed by atoms with E-state index in [1.165, 1.54) is 0 Å². The number of carbonyl (C=O) groups excluding carboxylic acids is 2. The molecule has 0 atom stereocenters. The van der Waals surface area contributed by atoms with E-state index in [0.717, 1.165) is 12.0 Å². The lowest BCUT2D eigenvalue weighted by Crippen LogP contribution is -2.42. The second-order valence-electron chi connectivity index (χ2n) is 5.23. The van der Waals surface area contributed by atoms with Crippen molar-refractivity contribution in [3.05, 3.63) is 24.0 Å². The molecule has 0 aromatic carbocycles. The first kappa shape index (κ1) is 11.9. The molecule has 0 bridgehead atoms. The molecular formula is C13H18N2O2. The van der Waals surface area contributed by atoms with Crippen LogP contribution in [0.3, 0.4) is 0 Å². The third-order valence-electron chi connectivity index (χ3n) is 3.29. The van der Waals surface area contributed by atoms with E-state index in [-0.39, 0.29) is 23.8 Å². The number of hydrogen-bond donors (Lipinski definition) is 1. The number of aryl methyl sites for hydroxylation is 1. The molecular weight excluding hydrogens is 216 g/mol. The van der Waals surface area contributed by atoms with E-state index in [2.05, 4.69) is 4.98 Å². The van der Waals surface area contributed by atoms with Crippen LogP contribution in [0.5, 0.6) is 0 Å². The highest BCUT2D eigenvalue weighted by molar-refractivity contribution is 5.91. The van der Waals surface area contributed by atoms with Crippen LogP contribution < -0.4 is 0 Å². The molecule has 1 N–H and O–H groups in total. The SMILES string of the molecule is CC1(C)CC(=O)CN1C(=O)CCc1cc[nH]c1. The maximum atomic E-state index is 12.1. The van der Waals surface area contributed by atoms with Crippen LogP contribution in [0.25, 0.3) is 0 Å². The summed E-state index contributed by atoms with van der Waals surface area (Å²) in [5, 5.41) is 0. The van der Waals surface area contributed by atoms with E-state index in [1.54, 1.807) is 4.90 Å². The van der Waals surface area contributed by atoms with Gasteiger partial charge in [-0.15, -0.1) is 0 Å². The topological polar surface area (TPSA) is 53.2 Å². The summed E-state index contributed by atoms with van der Waals surface area (Å²) >= 11 is 0. The van der Waals surface area contributed by atoms with Crippen molar-refractivity contribution in [1.82, 2.24) is 9.88 Å². The van der Waals surface area contributed by atoms with Crippen LogP contribution in [0.1, 0.15) is 32.3 Å². The van der Waals surface area contributed by atoms with Crippen molar-refractivity contribution in [3.63, 3.8) is 0 Å². The smallest absolute Gasteiger partial charge is 0.223 e. The van der Waals surface area contributed by atoms with Gasteiger partial charge < -0.3 is 9.88 Å². The van der Waals surface area contributed by atoms with Crippen molar-refractivity contribution in [2.45, 2.75) is 38.6 Å². The molecule has 0 radical (unpaired) electrons. The Bertz CT molecular complexity index is 421. The van der Waals surface area contributed by atoms with Crippen LogP contribution in [0.4, 0.5) is 0 Å². The average Bonchev–Trinajstić information content (AvgIpc) is 2.82. The number of aromatic amines is 1. The number of ketones is 1. The van der Waals surface area contributed by atoms with Crippen molar-refractivity contribution in [2.24, 2.45) is 0 Å². The van der Waals surface area contributed by atoms with Gasteiger partial charge in [0.05, 0.1) is 6.54 Å². The molecule has 17 heavy (non-hydrogen) atoms. The second-order valence-corrected chi connectivity index (χ2v) is 5.23. The predicted molar refractivity (Wildman–Crippen MR) is 64.5 cm³/mol. The lowest BCUT2D eigenvalue weighted by Gasteiger charge is -2.30. The first-order valence-electron chi connectivity index (χ1n) is 5.93. The van der Waals surface area contributed by atoms with Crippen LogP contribution in [-0.4, -0.2) is 33.7 Å². The van der Waals surface area contributed by atoms with Crippen molar-refractivity contribution >= 4 is 11.7 Å². The van der Waals surface area contributed by atoms with Crippen molar-refractivity contribution in [2.75, 3.05) is 6.54 Å². The molecule has 1 aliphatic rings. The quantitative estimate of drug-likeness (QED) is 0.862. The molecule has 2 heterocycles. The number of amides is 1. The fourth-order valence-corrected chi connectivity index (χ4v) is 2.35. The fraction of sp³-hybridized carbons (Fsp3) is 0.538. The largest absolute Gasteiger partial charge is 0.367 e. The maximum Gasteiger partial charge on any atom is 0.223 e. The number of Topliss-reactive ketones (excluding diaryl/α,β-unsaturated/α-hetero) is 1. The molecule has 1 aromatic rings. The Hall–Kier alpha value is -1.58. The minimum atomic E-state index is -0.313.